The SMILES string of the molecule is CCNCCC(=O)N[C@H](C(=O)O)c1ccccc1. The molecule has 0 aliphatic rings. The van der Waals surface area contributed by atoms with Gasteiger partial charge in [0.25, 0.3) is 0 Å². The van der Waals surface area contributed by atoms with Crippen LogP contribution in [0.3, 0.4) is 0 Å². The molecule has 0 aliphatic carbocycles. The van der Waals surface area contributed by atoms with Gasteiger partial charge in [0.15, 0.2) is 6.04 Å². The van der Waals surface area contributed by atoms with Crippen molar-refractivity contribution in [3.63, 3.8) is 0 Å². The minimum Gasteiger partial charge on any atom is -0.479 e. The Labute approximate surface area is 106 Å². The Morgan fingerprint density at radius 3 is 2.50 bits per heavy atom. The van der Waals surface area contributed by atoms with Crippen molar-refractivity contribution in [2.45, 2.75) is 19.4 Å². The number of carbonyl (C=O) groups excluding carboxylic acids is 1. The lowest BCUT2D eigenvalue weighted by molar-refractivity contribution is -0.142. The lowest BCUT2D eigenvalue weighted by Gasteiger charge is -2.14. The predicted molar refractivity (Wildman–Crippen MR) is 68.1 cm³/mol. The second-order valence-electron chi connectivity index (χ2n) is 3.85. The maximum atomic E-state index is 11.6. The molecule has 0 radical (unpaired) electrons. The minimum absolute atomic E-state index is 0.268. The van der Waals surface area contributed by atoms with Crippen molar-refractivity contribution >= 4 is 11.9 Å². The molecule has 5 heteroatoms. The first-order valence-corrected chi connectivity index (χ1v) is 5.93. The van der Waals surface area contributed by atoms with E-state index in [-0.39, 0.29) is 12.3 Å². The van der Waals surface area contributed by atoms with Gasteiger partial charge in [0, 0.05) is 13.0 Å². The molecule has 0 fully saturated rings. The van der Waals surface area contributed by atoms with Crippen molar-refractivity contribution in [3.8, 4) is 0 Å². The van der Waals surface area contributed by atoms with Crippen LogP contribution in [0.15, 0.2) is 30.3 Å². The number of hydrogen-bond donors (Lipinski definition) is 3. The molecule has 5 nitrogen and oxygen atoms in total. The highest BCUT2D eigenvalue weighted by Gasteiger charge is 2.21. The van der Waals surface area contributed by atoms with Crippen LogP contribution in [-0.4, -0.2) is 30.1 Å². The maximum Gasteiger partial charge on any atom is 0.330 e. The zero-order chi connectivity index (χ0) is 13.4. The molecule has 1 atom stereocenters. The number of nitrogens with one attached hydrogen (secondary N) is 2. The summed E-state index contributed by atoms with van der Waals surface area (Å²) in [5.41, 5.74) is 0.571. The summed E-state index contributed by atoms with van der Waals surface area (Å²) in [4.78, 5) is 22.7. The molecule has 0 unspecified atom stereocenters. The smallest absolute Gasteiger partial charge is 0.330 e. The third-order valence-electron chi connectivity index (χ3n) is 2.46. The topological polar surface area (TPSA) is 78.4 Å². The normalized spacial score (nSPS) is 11.8. The highest BCUT2D eigenvalue weighted by molar-refractivity contribution is 5.84. The first kappa shape index (κ1) is 14.2. The first-order valence-electron chi connectivity index (χ1n) is 5.93. The number of aliphatic carboxylic acids is 1. The Morgan fingerprint density at radius 2 is 1.94 bits per heavy atom. The molecular weight excluding hydrogens is 232 g/mol. The quantitative estimate of drug-likeness (QED) is 0.629. The fourth-order valence-corrected chi connectivity index (χ4v) is 1.54. The fourth-order valence-electron chi connectivity index (χ4n) is 1.54. The summed E-state index contributed by atoms with van der Waals surface area (Å²) >= 11 is 0. The van der Waals surface area contributed by atoms with Gasteiger partial charge in [-0.25, -0.2) is 4.79 Å². The van der Waals surface area contributed by atoms with Crippen molar-refractivity contribution in [2.24, 2.45) is 0 Å². The molecule has 1 aromatic rings. The van der Waals surface area contributed by atoms with E-state index in [1.807, 2.05) is 6.92 Å². The van der Waals surface area contributed by atoms with Gasteiger partial charge in [0.1, 0.15) is 0 Å². The number of benzene rings is 1. The second-order valence-corrected chi connectivity index (χ2v) is 3.85. The van der Waals surface area contributed by atoms with E-state index in [4.69, 9.17) is 5.11 Å². The Hall–Kier alpha value is -1.88. The first-order chi connectivity index (χ1) is 8.65. The van der Waals surface area contributed by atoms with Gasteiger partial charge < -0.3 is 15.7 Å². The molecule has 0 heterocycles. The van der Waals surface area contributed by atoms with Crippen LogP contribution in [0.25, 0.3) is 0 Å². The maximum absolute atomic E-state index is 11.6. The van der Waals surface area contributed by atoms with Crippen molar-refractivity contribution in [3.05, 3.63) is 35.9 Å². The number of carbonyl (C=O) groups is 2. The lowest BCUT2D eigenvalue weighted by atomic mass is 10.1. The number of carboxylic acids is 1. The van der Waals surface area contributed by atoms with Crippen LogP contribution in [-0.2, 0) is 9.59 Å². The third kappa shape index (κ3) is 4.55. The lowest BCUT2D eigenvalue weighted by Crippen LogP contribution is -2.35. The molecule has 1 aromatic carbocycles. The molecule has 0 saturated heterocycles. The Kier molecular flexibility index (Phi) is 5.87. The van der Waals surface area contributed by atoms with Crippen LogP contribution < -0.4 is 10.6 Å². The van der Waals surface area contributed by atoms with Gasteiger partial charge in [0.2, 0.25) is 5.91 Å². The van der Waals surface area contributed by atoms with E-state index in [2.05, 4.69) is 10.6 Å². The van der Waals surface area contributed by atoms with E-state index in [1.54, 1.807) is 30.3 Å². The molecule has 0 spiro atoms. The third-order valence-corrected chi connectivity index (χ3v) is 2.46. The second kappa shape index (κ2) is 7.45. The number of rotatable bonds is 7. The molecule has 1 rings (SSSR count). The Bertz CT molecular complexity index is 392. The summed E-state index contributed by atoms with van der Waals surface area (Å²) < 4.78 is 0. The van der Waals surface area contributed by atoms with E-state index in [0.29, 0.717) is 12.1 Å². The Morgan fingerprint density at radius 1 is 1.28 bits per heavy atom. The van der Waals surface area contributed by atoms with Crippen LogP contribution in [0.2, 0.25) is 0 Å². The van der Waals surface area contributed by atoms with Gasteiger partial charge in [-0.1, -0.05) is 37.3 Å². The molecule has 18 heavy (non-hydrogen) atoms. The molecule has 98 valence electrons. The number of hydrogen-bond acceptors (Lipinski definition) is 3. The highest BCUT2D eigenvalue weighted by atomic mass is 16.4. The largest absolute Gasteiger partial charge is 0.479 e. The molecular formula is C13H18N2O3. The fraction of sp³-hybridized carbons (Fsp3) is 0.385. The van der Waals surface area contributed by atoms with E-state index >= 15 is 0 Å². The van der Waals surface area contributed by atoms with Crippen LogP contribution in [0, 0.1) is 0 Å². The van der Waals surface area contributed by atoms with Crippen molar-refractivity contribution in [1.29, 1.82) is 0 Å². The number of amides is 1. The average molecular weight is 250 g/mol. The zero-order valence-corrected chi connectivity index (χ0v) is 10.3. The van der Waals surface area contributed by atoms with E-state index in [1.165, 1.54) is 0 Å². The summed E-state index contributed by atoms with van der Waals surface area (Å²) in [5.74, 6) is -1.33. The van der Waals surface area contributed by atoms with E-state index < -0.39 is 12.0 Å². The minimum atomic E-state index is -1.06. The van der Waals surface area contributed by atoms with E-state index in [9.17, 15) is 9.59 Å². The van der Waals surface area contributed by atoms with Crippen molar-refractivity contribution in [2.75, 3.05) is 13.1 Å². The zero-order valence-electron chi connectivity index (χ0n) is 10.3. The summed E-state index contributed by atoms with van der Waals surface area (Å²) in [5, 5.41) is 14.6. The highest BCUT2D eigenvalue weighted by Crippen LogP contribution is 2.12. The van der Waals surface area contributed by atoms with Gasteiger partial charge in [-0.05, 0) is 12.1 Å². The average Bonchev–Trinajstić information content (AvgIpc) is 2.37. The molecule has 0 aliphatic heterocycles. The van der Waals surface area contributed by atoms with Crippen LogP contribution in [0.1, 0.15) is 24.9 Å². The standard InChI is InChI=1S/C13H18N2O3/c1-2-14-9-8-11(16)15-12(13(17)18)10-6-4-3-5-7-10/h3-7,12,14H,2,8-9H2,1H3,(H,15,16)(H,17,18)/t12-/m0/s1. The predicted octanol–water partition coefficient (Wildman–Crippen LogP) is 0.928. The van der Waals surface area contributed by atoms with Gasteiger partial charge in [-0.2, -0.15) is 0 Å². The molecule has 3 N–H and O–H groups in total. The molecule has 1 amide bonds. The summed E-state index contributed by atoms with van der Waals surface area (Å²) in [6, 6.07) is 7.68. The monoisotopic (exact) mass is 250 g/mol. The van der Waals surface area contributed by atoms with Crippen molar-refractivity contribution < 1.29 is 14.7 Å². The van der Waals surface area contributed by atoms with Crippen LogP contribution in [0.5, 0.6) is 0 Å². The summed E-state index contributed by atoms with van der Waals surface area (Å²) in [6.07, 6.45) is 0.268. The summed E-state index contributed by atoms with van der Waals surface area (Å²) in [6.45, 7) is 3.28. The van der Waals surface area contributed by atoms with E-state index in [0.717, 1.165) is 6.54 Å². The molecule has 0 aromatic heterocycles. The van der Waals surface area contributed by atoms with Gasteiger partial charge in [0.05, 0.1) is 0 Å². The van der Waals surface area contributed by atoms with Gasteiger partial charge >= 0.3 is 5.97 Å². The van der Waals surface area contributed by atoms with Gasteiger partial charge in [-0.3, -0.25) is 4.79 Å². The molecule has 0 saturated carbocycles. The van der Waals surface area contributed by atoms with Crippen LogP contribution >= 0.6 is 0 Å². The Balaban J connectivity index is 2.59. The number of carboxylic acid groups (broad SMARTS) is 1. The van der Waals surface area contributed by atoms with Crippen LogP contribution in [0.4, 0.5) is 0 Å². The van der Waals surface area contributed by atoms with Crippen molar-refractivity contribution in [1.82, 2.24) is 10.6 Å². The summed E-state index contributed by atoms with van der Waals surface area (Å²) in [7, 11) is 0. The van der Waals surface area contributed by atoms with Gasteiger partial charge in [-0.15, -0.1) is 0 Å². The molecule has 0 bridgehead atoms.